The molecule has 0 N–H and O–H groups in total. The molecule has 3 heteroatoms. The zero-order valence-electron chi connectivity index (χ0n) is 7.06. The average Bonchev–Trinajstić information content (AvgIpc) is 2.79. The Bertz CT molecular complexity index is 378. The summed E-state index contributed by atoms with van der Waals surface area (Å²) in [4.78, 5) is 2.31. The van der Waals surface area contributed by atoms with Crippen molar-refractivity contribution in [3.8, 4) is 0 Å². The van der Waals surface area contributed by atoms with Crippen LogP contribution in [0, 0.1) is 0 Å². The lowest BCUT2D eigenvalue weighted by Crippen LogP contribution is -2.12. The van der Waals surface area contributed by atoms with Gasteiger partial charge in [-0.05, 0) is 18.6 Å². The summed E-state index contributed by atoms with van der Waals surface area (Å²) in [6.07, 6.45) is 5.15. The highest BCUT2D eigenvalue weighted by atomic mass is 32.2. The summed E-state index contributed by atoms with van der Waals surface area (Å²) >= 11 is 1.78. The van der Waals surface area contributed by atoms with Crippen LogP contribution in [0.15, 0.2) is 39.3 Å². The van der Waals surface area contributed by atoms with E-state index in [1.807, 2.05) is 12.1 Å². The molecule has 0 aromatic carbocycles. The molecule has 1 aromatic heterocycles. The number of thioether (sulfide) groups is 1. The molecule has 0 unspecified atom stereocenters. The number of nitrogens with zero attached hydrogens (tertiary/aromatic N) is 1. The summed E-state index contributed by atoms with van der Waals surface area (Å²) < 4.78 is 5.38. The van der Waals surface area contributed by atoms with Crippen molar-refractivity contribution in [1.29, 1.82) is 0 Å². The number of hydrogen-bond donors (Lipinski definition) is 0. The Morgan fingerprint density at radius 3 is 3.31 bits per heavy atom. The molecule has 0 amide bonds. The van der Waals surface area contributed by atoms with E-state index in [4.69, 9.17) is 4.42 Å². The van der Waals surface area contributed by atoms with Crippen LogP contribution >= 0.6 is 11.8 Å². The average molecular weight is 191 g/mol. The van der Waals surface area contributed by atoms with Crippen LogP contribution in [0.4, 0.5) is 0 Å². The van der Waals surface area contributed by atoms with Crippen LogP contribution in [0.1, 0.15) is 12.2 Å². The molecular formula is C10H9NOS. The predicted molar refractivity (Wildman–Crippen MR) is 53.7 cm³/mol. The Balaban J connectivity index is 1.98. The second kappa shape index (κ2) is 2.70. The fourth-order valence-corrected chi connectivity index (χ4v) is 2.69. The van der Waals surface area contributed by atoms with Gasteiger partial charge in [-0.25, -0.2) is 0 Å². The van der Waals surface area contributed by atoms with Gasteiger partial charge in [-0.2, -0.15) is 0 Å². The van der Waals surface area contributed by atoms with Gasteiger partial charge in [0.05, 0.1) is 17.0 Å². The number of hydrogen-bond acceptors (Lipinski definition) is 3. The van der Waals surface area contributed by atoms with Crippen LogP contribution in [-0.4, -0.2) is 11.4 Å². The van der Waals surface area contributed by atoms with E-state index in [2.05, 4.69) is 16.4 Å². The number of furan rings is 1. The Labute approximate surface area is 80.9 Å². The fourth-order valence-electron chi connectivity index (χ4n) is 1.68. The molecule has 0 spiro atoms. The van der Waals surface area contributed by atoms with Crippen molar-refractivity contribution in [1.82, 2.24) is 4.90 Å². The molecule has 0 radical (unpaired) electrons. The summed E-state index contributed by atoms with van der Waals surface area (Å²) in [5.41, 5.74) is 1.21. The van der Waals surface area contributed by atoms with Crippen molar-refractivity contribution >= 4 is 17.5 Å². The molecule has 66 valence electrons. The minimum atomic E-state index is 0.970. The molecule has 13 heavy (non-hydrogen) atoms. The lowest BCUT2D eigenvalue weighted by Gasteiger charge is -2.15. The Morgan fingerprint density at radius 1 is 1.46 bits per heavy atom. The maximum Gasteiger partial charge on any atom is 0.150 e. The maximum absolute atomic E-state index is 5.38. The van der Waals surface area contributed by atoms with E-state index >= 15 is 0 Å². The van der Waals surface area contributed by atoms with Gasteiger partial charge in [0.1, 0.15) is 0 Å². The quantitative estimate of drug-likeness (QED) is 0.679. The summed E-state index contributed by atoms with van der Waals surface area (Å²) in [5, 5.41) is 3.51. The van der Waals surface area contributed by atoms with Crippen molar-refractivity contribution in [2.45, 2.75) is 6.42 Å². The van der Waals surface area contributed by atoms with E-state index in [-0.39, 0.29) is 0 Å². The third-order valence-corrected chi connectivity index (χ3v) is 3.26. The van der Waals surface area contributed by atoms with Crippen LogP contribution in [0.25, 0.3) is 5.70 Å². The highest BCUT2D eigenvalue weighted by Gasteiger charge is 2.26. The summed E-state index contributed by atoms with van der Waals surface area (Å²) in [7, 11) is 0. The molecule has 2 aliphatic rings. The van der Waals surface area contributed by atoms with Gasteiger partial charge in [0.25, 0.3) is 0 Å². The Kier molecular flexibility index (Phi) is 1.52. The summed E-state index contributed by atoms with van der Waals surface area (Å²) in [6, 6.07) is 3.94. The molecule has 2 aliphatic heterocycles. The molecule has 0 aliphatic carbocycles. The largest absolute Gasteiger partial charge is 0.463 e. The lowest BCUT2D eigenvalue weighted by atomic mass is 10.3. The van der Waals surface area contributed by atoms with Gasteiger partial charge >= 0.3 is 0 Å². The second-order valence-corrected chi connectivity index (χ2v) is 3.97. The smallest absolute Gasteiger partial charge is 0.150 e. The first-order chi connectivity index (χ1) is 6.45. The predicted octanol–water partition coefficient (Wildman–Crippen LogP) is 2.87. The molecule has 0 fully saturated rings. The van der Waals surface area contributed by atoms with E-state index in [0.29, 0.717) is 0 Å². The SMILES string of the molecule is C1=C2SC=C(c3ccco3)N2CC1. The van der Waals surface area contributed by atoms with E-state index < -0.39 is 0 Å². The lowest BCUT2D eigenvalue weighted by molar-refractivity contribution is 0.503. The molecule has 3 rings (SSSR count). The van der Waals surface area contributed by atoms with Crippen molar-refractivity contribution in [3.63, 3.8) is 0 Å². The molecule has 0 saturated carbocycles. The molecule has 0 atom stereocenters. The van der Waals surface area contributed by atoms with Crippen molar-refractivity contribution in [2.75, 3.05) is 6.54 Å². The van der Waals surface area contributed by atoms with Gasteiger partial charge in [-0.3, -0.25) is 0 Å². The van der Waals surface area contributed by atoms with Gasteiger partial charge in [0, 0.05) is 12.0 Å². The van der Waals surface area contributed by atoms with Crippen molar-refractivity contribution < 1.29 is 4.42 Å². The molecule has 3 heterocycles. The molecule has 1 aromatic rings. The van der Waals surface area contributed by atoms with Gasteiger partial charge in [0.2, 0.25) is 0 Å². The molecular weight excluding hydrogens is 182 g/mol. The topological polar surface area (TPSA) is 16.4 Å². The van der Waals surface area contributed by atoms with Crippen molar-refractivity contribution in [2.24, 2.45) is 0 Å². The van der Waals surface area contributed by atoms with Crippen LogP contribution in [0.5, 0.6) is 0 Å². The van der Waals surface area contributed by atoms with E-state index in [0.717, 1.165) is 18.7 Å². The van der Waals surface area contributed by atoms with Gasteiger partial charge in [-0.15, -0.1) is 0 Å². The van der Waals surface area contributed by atoms with Gasteiger partial charge in [-0.1, -0.05) is 17.8 Å². The van der Waals surface area contributed by atoms with E-state index in [1.165, 1.54) is 10.7 Å². The third-order valence-electron chi connectivity index (χ3n) is 2.29. The third kappa shape index (κ3) is 1.04. The van der Waals surface area contributed by atoms with Crippen LogP contribution in [0.3, 0.4) is 0 Å². The fraction of sp³-hybridized carbons (Fsp3) is 0.200. The maximum atomic E-state index is 5.38. The Morgan fingerprint density at radius 2 is 2.46 bits per heavy atom. The van der Waals surface area contributed by atoms with Crippen LogP contribution in [0.2, 0.25) is 0 Å². The molecule has 0 bridgehead atoms. The first kappa shape index (κ1) is 7.33. The summed E-state index contributed by atoms with van der Waals surface area (Å²) in [5.74, 6) is 0.970. The zero-order valence-corrected chi connectivity index (χ0v) is 7.88. The number of fused-ring (bicyclic) bond motifs is 1. The van der Waals surface area contributed by atoms with Gasteiger partial charge < -0.3 is 9.32 Å². The monoisotopic (exact) mass is 191 g/mol. The minimum Gasteiger partial charge on any atom is -0.463 e. The van der Waals surface area contributed by atoms with Gasteiger partial charge in [0.15, 0.2) is 5.76 Å². The van der Waals surface area contributed by atoms with Crippen molar-refractivity contribution in [3.05, 3.63) is 40.7 Å². The normalized spacial score (nSPS) is 20.2. The highest BCUT2D eigenvalue weighted by Crippen LogP contribution is 2.42. The van der Waals surface area contributed by atoms with Crippen LogP contribution < -0.4 is 0 Å². The second-order valence-electron chi connectivity index (χ2n) is 3.08. The standard InChI is InChI=1S/C10H9NOS/c1-4-10-11(5-1)8(7-13-10)9-3-2-6-12-9/h2-4,6-7H,1,5H2. The zero-order chi connectivity index (χ0) is 8.67. The minimum absolute atomic E-state index is 0.970. The summed E-state index contributed by atoms with van der Waals surface area (Å²) in [6.45, 7) is 1.09. The highest BCUT2D eigenvalue weighted by molar-refractivity contribution is 8.06. The first-order valence-corrected chi connectivity index (χ1v) is 5.21. The van der Waals surface area contributed by atoms with E-state index in [9.17, 15) is 0 Å². The first-order valence-electron chi connectivity index (χ1n) is 4.33. The Hall–Kier alpha value is -1.09. The van der Waals surface area contributed by atoms with Crippen LogP contribution in [-0.2, 0) is 0 Å². The van der Waals surface area contributed by atoms with E-state index in [1.54, 1.807) is 18.0 Å². The number of rotatable bonds is 1. The molecule has 2 nitrogen and oxygen atoms in total. The molecule has 0 saturated heterocycles.